The number of rotatable bonds is 6. The van der Waals surface area contributed by atoms with Gasteiger partial charge in [-0.3, -0.25) is 0 Å². The highest BCUT2D eigenvalue weighted by Crippen LogP contribution is 2.44. The summed E-state index contributed by atoms with van der Waals surface area (Å²) < 4.78 is 43.2. The fourth-order valence-corrected chi connectivity index (χ4v) is 3.15. The minimum Gasteiger partial charge on any atom is -0.377 e. The highest BCUT2D eigenvalue weighted by atomic mass is 19.4. The topological polar surface area (TPSA) is 21.3 Å². The third-order valence-corrected chi connectivity index (χ3v) is 4.66. The van der Waals surface area contributed by atoms with Crippen LogP contribution in [0.3, 0.4) is 0 Å². The van der Waals surface area contributed by atoms with Crippen LogP contribution in [0, 0.1) is 5.41 Å². The van der Waals surface area contributed by atoms with Crippen LogP contribution in [0.15, 0.2) is 0 Å². The molecule has 0 saturated heterocycles. The molecule has 0 bridgehead atoms. The van der Waals surface area contributed by atoms with Crippen molar-refractivity contribution in [3.05, 3.63) is 0 Å². The second kappa shape index (κ2) is 6.65. The van der Waals surface area contributed by atoms with Crippen molar-refractivity contribution in [2.75, 3.05) is 13.7 Å². The van der Waals surface area contributed by atoms with E-state index < -0.39 is 18.2 Å². The number of alkyl halides is 3. The van der Waals surface area contributed by atoms with Gasteiger partial charge in [0.25, 0.3) is 0 Å². The van der Waals surface area contributed by atoms with Crippen LogP contribution in [0.2, 0.25) is 0 Å². The molecule has 1 unspecified atom stereocenters. The molecule has 1 rings (SSSR count). The molecule has 120 valence electrons. The SMILES string of the molecule is CCNC(CCC(F)(F)F)C1(OC)CCC(C)(C)CC1. The van der Waals surface area contributed by atoms with Crippen molar-refractivity contribution in [3.63, 3.8) is 0 Å². The molecule has 0 aromatic rings. The van der Waals surface area contributed by atoms with Crippen molar-refractivity contribution in [2.45, 2.75) is 77.1 Å². The van der Waals surface area contributed by atoms with Gasteiger partial charge in [0.05, 0.1) is 5.60 Å². The first-order valence-electron chi connectivity index (χ1n) is 7.49. The number of nitrogens with one attached hydrogen (secondary N) is 1. The van der Waals surface area contributed by atoms with E-state index in [2.05, 4.69) is 19.2 Å². The second-order valence-electron chi connectivity index (χ2n) is 6.70. The number of ether oxygens (including phenoxy) is 1. The summed E-state index contributed by atoms with van der Waals surface area (Å²) in [5, 5.41) is 3.22. The molecule has 1 fully saturated rings. The zero-order valence-corrected chi connectivity index (χ0v) is 13.1. The first-order chi connectivity index (χ1) is 9.14. The Bertz CT molecular complexity index is 292. The molecule has 1 aliphatic rings. The lowest BCUT2D eigenvalue weighted by Gasteiger charge is -2.47. The highest BCUT2D eigenvalue weighted by molar-refractivity contribution is 4.98. The Kier molecular flexibility index (Phi) is 5.90. The quantitative estimate of drug-likeness (QED) is 0.789. The second-order valence-corrected chi connectivity index (χ2v) is 6.70. The van der Waals surface area contributed by atoms with Crippen LogP contribution in [0.4, 0.5) is 13.2 Å². The number of halogens is 3. The van der Waals surface area contributed by atoms with Gasteiger partial charge in [0.15, 0.2) is 0 Å². The van der Waals surface area contributed by atoms with Crippen LogP contribution in [-0.4, -0.2) is 31.5 Å². The highest BCUT2D eigenvalue weighted by Gasteiger charge is 2.44. The van der Waals surface area contributed by atoms with Crippen LogP contribution < -0.4 is 5.32 Å². The molecular weight excluding hydrogens is 267 g/mol. The molecule has 1 N–H and O–H groups in total. The van der Waals surface area contributed by atoms with Gasteiger partial charge in [-0.1, -0.05) is 20.8 Å². The minimum atomic E-state index is -4.10. The lowest BCUT2D eigenvalue weighted by atomic mass is 9.67. The summed E-state index contributed by atoms with van der Waals surface area (Å²) in [5.41, 5.74) is -0.181. The maximum absolute atomic E-state index is 12.5. The van der Waals surface area contributed by atoms with Gasteiger partial charge >= 0.3 is 6.18 Å². The van der Waals surface area contributed by atoms with Gasteiger partial charge in [0.2, 0.25) is 0 Å². The predicted molar refractivity (Wildman–Crippen MR) is 74.7 cm³/mol. The van der Waals surface area contributed by atoms with E-state index in [-0.39, 0.29) is 17.9 Å². The monoisotopic (exact) mass is 295 g/mol. The van der Waals surface area contributed by atoms with Gasteiger partial charge < -0.3 is 10.1 Å². The molecule has 5 heteroatoms. The van der Waals surface area contributed by atoms with E-state index in [1.807, 2.05) is 6.92 Å². The fraction of sp³-hybridized carbons (Fsp3) is 1.00. The van der Waals surface area contributed by atoms with Crippen molar-refractivity contribution in [1.82, 2.24) is 5.32 Å². The van der Waals surface area contributed by atoms with Crippen molar-refractivity contribution >= 4 is 0 Å². The van der Waals surface area contributed by atoms with Crippen molar-refractivity contribution in [3.8, 4) is 0 Å². The van der Waals surface area contributed by atoms with E-state index in [0.717, 1.165) is 25.7 Å². The molecule has 0 radical (unpaired) electrons. The van der Waals surface area contributed by atoms with Crippen molar-refractivity contribution in [1.29, 1.82) is 0 Å². The van der Waals surface area contributed by atoms with Crippen LogP contribution in [-0.2, 0) is 4.74 Å². The average Bonchev–Trinajstić information content (AvgIpc) is 2.34. The smallest absolute Gasteiger partial charge is 0.377 e. The summed E-state index contributed by atoms with van der Waals surface area (Å²) >= 11 is 0. The molecule has 0 heterocycles. The van der Waals surface area contributed by atoms with E-state index in [4.69, 9.17) is 4.74 Å². The molecular formula is C15H28F3NO. The number of methoxy groups -OCH3 is 1. The Balaban J connectivity index is 2.76. The third kappa shape index (κ3) is 4.92. The van der Waals surface area contributed by atoms with Crippen molar-refractivity contribution < 1.29 is 17.9 Å². The molecule has 2 nitrogen and oxygen atoms in total. The lowest BCUT2D eigenvalue weighted by Crippen LogP contribution is -2.55. The minimum absolute atomic E-state index is 0.0889. The van der Waals surface area contributed by atoms with E-state index in [1.54, 1.807) is 7.11 Å². The zero-order valence-electron chi connectivity index (χ0n) is 13.1. The van der Waals surface area contributed by atoms with Crippen molar-refractivity contribution in [2.24, 2.45) is 5.41 Å². The Morgan fingerprint density at radius 3 is 2.10 bits per heavy atom. The number of hydrogen-bond acceptors (Lipinski definition) is 2. The van der Waals surface area contributed by atoms with Gasteiger partial charge in [-0.05, 0) is 44.1 Å². The van der Waals surface area contributed by atoms with E-state index in [9.17, 15) is 13.2 Å². The van der Waals surface area contributed by atoms with Gasteiger partial charge in [0.1, 0.15) is 0 Å². The largest absolute Gasteiger partial charge is 0.389 e. The lowest BCUT2D eigenvalue weighted by molar-refractivity contribution is -0.145. The molecule has 1 aliphatic carbocycles. The summed E-state index contributed by atoms with van der Waals surface area (Å²) in [6, 6.07) is -0.227. The molecule has 0 spiro atoms. The van der Waals surface area contributed by atoms with Gasteiger partial charge in [-0.15, -0.1) is 0 Å². The summed E-state index contributed by atoms with van der Waals surface area (Å²) in [5.74, 6) is 0. The van der Waals surface area contributed by atoms with Crippen LogP contribution in [0.5, 0.6) is 0 Å². The van der Waals surface area contributed by atoms with E-state index >= 15 is 0 Å². The summed E-state index contributed by atoms with van der Waals surface area (Å²) in [6.07, 6.45) is -1.12. The standard InChI is InChI=1S/C15H28F3NO/c1-5-19-12(6-7-15(16,17)18)14(20-4)10-8-13(2,3)9-11-14/h12,19H,5-11H2,1-4H3. The van der Waals surface area contributed by atoms with E-state index in [0.29, 0.717) is 6.54 Å². The molecule has 0 aliphatic heterocycles. The van der Waals surface area contributed by atoms with Crippen LogP contribution in [0.1, 0.15) is 59.3 Å². The fourth-order valence-electron chi connectivity index (χ4n) is 3.15. The maximum atomic E-state index is 12.5. The molecule has 0 amide bonds. The van der Waals surface area contributed by atoms with Gasteiger partial charge in [-0.2, -0.15) is 13.2 Å². The summed E-state index contributed by atoms with van der Waals surface area (Å²) in [4.78, 5) is 0. The summed E-state index contributed by atoms with van der Waals surface area (Å²) in [6.45, 7) is 7.02. The third-order valence-electron chi connectivity index (χ3n) is 4.66. The predicted octanol–water partition coefficient (Wildman–Crippen LogP) is 4.29. The Morgan fingerprint density at radius 1 is 1.15 bits per heavy atom. The first-order valence-corrected chi connectivity index (χ1v) is 7.49. The zero-order chi connectivity index (χ0) is 15.4. The normalized spacial score (nSPS) is 23.6. The molecule has 1 atom stereocenters. The number of hydrogen-bond donors (Lipinski definition) is 1. The molecule has 0 aromatic carbocycles. The number of likely N-dealkylation sites (N-methyl/N-ethyl adjacent to an activating group) is 1. The Labute approximate surface area is 120 Å². The van der Waals surface area contributed by atoms with E-state index in [1.165, 1.54) is 0 Å². The Hall–Kier alpha value is -0.290. The Morgan fingerprint density at radius 2 is 1.70 bits per heavy atom. The maximum Gasteiger partial charge on any atom is 0.389 e. The van der Waals surface area contributed by atoms with Crippen LogP contribution in [0.25, 0.3) is 0 Å². The molecule has 1 saturated carbocycles. The summed E-state index contributed by atoms with van der Waals surface area (Å²) in [7, 11) is 1.64. The van der Waals surface area contributed by atoms with Gasteiger partial charge in [-0.25, -0.2) is 0 Å². The van der Waals surface area contributed by atoms with Crippen LogP contribution >= 0.6 is 0 Å². The molecule has 20 heavy (non-hydrogen) atoms. The molecule has 0 aromatic heterocycles. The first kappa shape index (κ1) is 17.8. The van der Waals surface area contributed by atoms with Gasteiger partial charge in [0, 0.05) is 19.6 Å². The average molecular weight is 295 g/mol.